The molecule has 0 spiro atoms. The highest BCUT2D eigenvalue weighted by molar-refractivity contribution is 7.07. The van der Waals surface area contributed by atoms with Crippen LogP contribution in [0.3, 0.4) is 0 Å². The molecule has 0 aliphatic heterocycles. The van der Waals surface area contributed by atoms with Gasteiger partial charge in [0.15, 0.2) is 0 Å². The van der Waals surface area contributed by atoms with E-state index in [-0.39, 0.29) is 0 Å². The van der Waals surface area contributed by atoms with Gasteiger partial charge in [-0.1, -0.05) is 0 Å². The van der Waals surface area contributed by atoms with Gasteiger partial charge in [-0.2, -0.15) is 0 Å². The highest BCUT2D eigenvalue weighted by Gasteiger charge is 2.25. The van der Waals surface area contributed by atoms with E-state index in [1.165, 1.54) is 12.8 Å². The molecule has 1 aromatic heterocycles. The molecular weight excluding hydrogens is 194 g/mol. The quantitative estimate of drug-likeness (QED) is 0.719. The molecule has 1 fully saturated rings. The van der Waals surface area contributed by atoms with E-state index in [4.69, 9.17) is 0 Å². The molecule has 1 saturated carbocycles. The maximum Gasteiger partial charge on any atom is 0.0795 e. The maximum atomic E-state index is 4.22. The van der Waals surface area contributed by atoms with Crippen LogP contribution in [0, 0.1) is 0 Å². The lowest BCUT2D eigenvalue weighted by molar-refractivity contribution is 0.321. The van der Waals surface area contributed by atoms with Gasteiger partial charge in [0.2, 0.25) is 0 Å². The molecule has 3 nitrogen and oxygen atoms in total. The standard InChI is InChI=1S/C10H17N3S/c1-13(10-2-3-10)5-4-11-6-9-7-14-8-12-9/h7-8,10-11H,2-6H2,1H3. The zero-order valence-electron chi connectivity index (χ0n) is 8.57. The maximum absolute atomic E-state index is 4.22. The van der Waals surface area contributed by atoms with Gasteiger partial charge in [0.1, 0.15) is 0 Å². The Bertz CT molecular complexity index is 256. The number of thiazole rings is 1. The lowest BCUT2D eigenvalue weighted by Gasteiger charge is -2.15. The molecular formula is C10H17N3S. The Morgan fingerprint density at radius 1 is 1.64 bits per heavy atom. The second kappa shape index (κ2) is 4.87. The van der Waals surface area contributed by atoms with Gasteiger partial charge < -0.3 is 10.2 Å². The smallest absolute Gasteiger partial charge is 0.0795 e. The van der Waals surface area contributed by atoms with E-state index in [2.05, 4.69) is 27.6 Å². The predicted octanol–water partition coefficient (Wildman–Crippen LogP) is 1.33. The molecule has 0 aromatic carbocycles. The first-order chi connectivity index (χ1) is 6.86. The van der Waals surface area contributed by atoms with Crippen LogP contribution in [-0.4, -0.2) is 36.1 Å². The molecule has 78 valence electrons. The van der Waals surface area contributed by atoms with E-state index < -0.39 is 0 Å². The van der Waals surface area contributed by atoms with Crippen molar-refractivity contribution < 1.29 is 0 Å². The van der Waals surface area contributed by atoms with Crippen LogP contribution >= 0.6 is 11.3 Å². The summed E-state index contributed by atoms with van der Waals surface area (Å²) in [4.78, 5) is 6.66. The zero-order chi connectivity index (χ0) is 9.80. The third kappa shape index (κ3) is 3.04. The van der Waals surface area contributed by atoms with Crippen molar-refractivity contribution in [2.45, 2.75) is 25.4 Å². The number of hydrogen-bond acceptors (Lipinski definition) is 4. The second-order valence-electron chi connectivity index (χ2n) is 3.87. The summed E-state index contributed by atoms with van der Waals surface area (Å²) in [6, 6.07) is 0.871. The van der Waals surface area contributed by atoms with Crippen molar-refractivity contribution in [1.29, 1.82) is 0 Å². The van der Waals surface area contributed by atoms with Gasteiger partial charge in [0.25, 0.3) is 0 Å². The number of nitrogens with one attached hydrogen (secondary N) is 1. The Labute approximate surface area is 89.1 Å². The van der Waals surface area contributed by atoms with Crippen molar-refractivity contribution in [3.05, 3.63) is 16.6 Å². The molecule has 0 atom stereocenters. The third-order valence-corrected chi connectivity index (χ3v) is 3.24. The van der Waals surface area contributed by atoms with E-state index in [0.29, 0.717) is 0 Å². The summed E-state index contributed by atoms with van der Waals surface area (Å²) in [6.45, 7) is 3.11. The Morgan fingerprint density at radius 2 is 2.50 bits per heavy atom. The normalized spacial score (nSPS) is 16.4. The average molecular weight is 211 g/mol. The van der Waals surface area contributed by atoms with Crippen molar-refractivity contribution >= 4 is 11.3 Å². The van der Waals surface area contributed by atoms with Crippen LogP contribution in [0.15, 0.2) is 10.9 Å². The molecule has 0 radical (unpaired) electrons. The topological polar surface area (TPSA) is 28.2 Å². The van der Waals surface area contributed by atoms with Crippen LogP contribution in [-0.2, 0) is 6.54 Å². The SMILES string of the molecule is CN(CCNCc1cscn1)C1CC1. The lowest BCUT2D eigenvalue weighted by atomic mass is 10.4. The summed E-state index contributed by atoms with van der Waals surface area (Å²) in [6.07, 6.45) is 2.78. The Morgan fingerprint density at radius 3 is 3.14 bits per heavy atom. The van der Waals surface area contributed by atoms with Crippen LogP contribution in [0.5, 0.6) is 0 Å². The molecule has 1 aromatic rings. The minimum Gasteiger partial charge on any atom is -0.310 e. The van der Waals surface area contributed by atoms with Crippen LogP contribution < -0.4 is 5.32 Å². The fourth-order valence-corrected chi connectivity index (χ4v) is 2.05. The molecule has 1 aliphatic rings. The van der Waals surface area contributed by atoms with Crippen LogP contribution in [0.25, 0.3) is 0 Å². The molecule has 0 saturated heterocycles. The highest BCUT2D eigenvalue weighted by Crippen LogP contribution is 2.24. The summed E-state index contributed by atoms with van der Waals surface area (Å²) >= 11 is 1.66. The number of nitrogens with zero attached hydrogens (tertiary/aromatic N) is 2. The first kappa shape index (κ1) is 10.1. The average Bonchev–Trinajstić information content (AvgIpc) is 2.92. The van der Waals surface area contributed by atoms with E-state index in [1.807, 2.05) is 5.51 Å². The first-order valence-corrected chi connectivity index (χ1v) is 6.08. The Hall–Kier alpha value is -0.450. The first-order valence-electron chi connectivity index (χ1n) is 5.14. The van der Waals surface area contributed by atoms with Crippen molar-refractivity contribution in [3.8, 4) is 0 Å². The lowest BCUT2D eigenvalue weighted by Crippen LogP contribution is -2.30. The zero-order valence-corrected chi connectivity index (χ0v) is 9.39. The molecule has 2 rings (SSSR count). The number of aromatic nitrogens is 1. The highest BCUT2D eigenvalue weighted by atomic mass is 32.1. The van der Waals surface area contributed by atoms with E-state index in [9.17, 15) is 0 Å². The van der Waals surface area contributed by atoms with Crippen molar-refractivity contribution in [2.24, 2.45) is 0 Å². The molecule has 14 heavy (non-hydrogen) atoms. The van der Waals surface area contributed by atoms with Gasteiger partial charge in [0.05, 0.1) is 11.2 Å². The van der Waals surface area contributed by atoms with Gasteiger partial charge in [0, 0.05) is 31.1 Å². The van der Waals surface area contributed by atoms with Crippen molar-refractivity contribution in [1.82, 2.24) is 15.2 Å². The minimum atomic E-state index is 0.871. The monoisotopic (exact) mass is 211 g/mol. The summed E-state index contributed by atoms with van der Waals surface area (Å²) in [5, 5.41) is 5.50. The van der Waals surface area contributed by atoms with Gasteiger partial charge in [-0.05, 0) is 19.9 Å². The molecule has 4 heteroatoms. The summed E-state index contributed by atoms with van der Waals surface area (Å²) in [5.74, 6) is 0. The van der Waals surface area contributed by atoms with Gasteiger partial charge in [-0.25, -0.2) is 4.98 Å². The minimum absolute atomic E-state index is 0.871. The fraction of sp³-hybridized carbons (Fsp3) is 0.700. The Kier molecular flexibility index (Phi) is 3.50. The van der Waals surface area contributed by atoms with E-state index >= 15 is 0 Å². The van der Waals surface area contributed by atoms with Gasteiger partial charge in [-0.3, -0.25) is 0 Å². The molecule has 0 unspecified atom stereocenters. The van der Waals surface area contributed by atoms with Crippen LogP contribution in [0.2, 0.25) is 0 Å². The van der Waals surface area contributed by atoms with Crippen LogP contribution in [0.1, 0.15) is 18.5 Å². The number of likely N-dealkylation sites (N-methyl/N-ethyl adjacent to an activating group) is 1. The van der Waals surface area contributed by atoms with E-state index in [1.54, 1.807) is 11.3 Å². The van der Waals surface area contributed by atoms with Crippen molar-refractivity contribution in [3.63, 3.8) is 0 Å². The Balaban J connectivity index is 1.54. The van der Waals surface area contributed by atoms with Crippen LogP contribution in [0.4, 0.5) is 0 Å². The summed E-state index contributed by atoms with van der Waals surface area (Å²) in [7, 11) is 2.21. The number of hydrogen-bond donors (Lipinski definition) is 1. The molecule has 1 aliphatic carbocycles. The number of rotatable bonds is 6. The van der Waals surface area contributed by atoms with E-state index in [0.717, 1.165) is 31.4 Å². The second-order valence-corrected chi connectivity index (χ2v) is 4.59. The molecule has 1 heterocycles. The largest absolute Gasteiger partial charge is 0.310 e. The molecule has 0 amide bonds. The van der Waals surface area contributed by atoms with Gasteiger partial charge >= 0.3 is 0 Å². The summed E-state index contributed by atoms with van der Waals surface area (Å²) < 4.78 is 0. The fourth-order valence-electron chi connectivity index (χ4n) is 1.49. The van der Waals surface area contributed by atoms with Crippen molar-refractivity contribution in [2.75, 3.05) is 20.1 Å². The molecule has 0 bridgehead atoms. The molecule has 1 N–H and O–H groups in total. The van der Waals surface area contributed by atoms with Gasteiger partial charge in [-0.15, -0.1) is 11.3 Å². The predicted molar refractivity (Wildman–Crippen MR) is 59.5 cm³/mol. The summed E-state index contributed by atoms with van der Waals surface area (Å²) in [5.41, 5.74) is 3.04. The third-order valence-electron chi connectivity index (χ3n) is 2.60.